The van der Waals surface area contributed by atoms with Gasteiger partial charge < -0.3 is 10.1 Å². The van der Waals surface area contributed by atoms with Gasteiger partial charge in [0.2, 0.25) is 0 Å². The second-order valence-electron chi connectivity index (χ2n) is 5.80. The summed E-state index contributed by atoms with van der Waals surface area (Å²) in [7, 11) is -3.26. The number of carbonyl (C=O) groups is 2. The molecule has 0 aliphatic carbocycles. The third-order valence-corrected chi connectivity index (χ3v) is 5.80. The number of hydrogen-bond acceptors (Lipinski definition) is 7. The summed E-state index contributed by atoms with van der Waals surface area (Å²) in [4.78, 5) is 28.9. The molecule has 10 heteroatoms. The molecule has 1 aromatic carbocycles. The summed E-state index contributed by atoms with van der Waals surface area (Å²) in [5.74, 6) is -0.519. The first-order chi connectivity index (χ1) is 12.6. The van der Waals surface area contributed by atoms with Crippen molar-refractivity contribution in [2.24, 2.45) is 0 Å². The van der Waals surface area contributed by atoms with E-state index in [0.29, 0.717) is 10.8 Å². The van der Waals surface area contributed by atoms with Crippen molar-refractivity contribution in [1.29, 1.82) is 0 Å². The number of anilines is 1. The molecule has 8 nitrogen and oxygen atoms in total. The highest BCUT2D eigenvalue weighted by molar-refractivity contribution is 7.90. The lowest BCUT2D eigenvalue weighted by molar-refractivity contribution is -0.144. The predicted octanol–water partition coefficient (Wildman–Crippen LogP) is 2.60. The Labute approximate surface area is 161 Å². The zero-order valence-corrected chi connectivity index (χ0v) is 17.0. The van der Waals surface area contributed by atoms with Gasteiger partial charge in [0.1, 0.15) is 6.04 Å². The zero-order chi connectivity index (χ0) is 20.2. The van der Waals surface area contributed by atoms with Crippen LogP contribution in [0.4, 0.5) is 9.93 Å². The van der Waals surface area contributed by atoms with Crippen molar-refractivity contribution in [2.75, 3.05) is 18.2 Å². The minimum absolute atomic E-state index is 0.235. The van der Waals surface area contributed by atoms with Crippen LogP contribution in [0.2, 0.25) is 0 Å². The summed E-state index contributed by atoms with van der Waals surface area (Å²) in [6.07, 6.45) is 1.15. The van der Waals surface area contributed by atoms with Gasteiger partial charge in [0.05, 0.1) is 22.1 Å². The quantitative estimate of drug-likeness (QED) is 0.706. The van der Waals surface area contributed by atoms with Gasteiger partial charge in [-0.25, -0.2) is 23.0 Å². The number of nitrogens with zero attached hydrogens (tertiary/aromatic N) is 1. The molecule has 0 aliphatic rings. The number of hydrogen-bond donors (Lipinski definition) is 2. The van der Waals surface area contributed by atoms with Gasteiger partial charge in [-0.1, -0.05) is 23.5 Å². The molecule has 0 saturated carbocycles. The summed E-state index contributed by atoms with van der Waals surface area (Å²) >= 11 is 1.25. The fourth-order valence-electron chi connectivity index (χ4n) is 2.23. The van der Waals surface area contributed by atoms with Crippen LogP contribution in [0.5, 0.6) is 0 Å². The van der Waals surface area contributed by atoms with E-state index in [0.717, 1.165) is 16.7 Å². The molecule has 0 fully saturated rings. The molecule has 146 valence electrons. The van der Waals surface area contributed by atoms with Gasteiger partial charge in [0.15, 0.2) is 15.0 Å². The van der Waals surface area contributed by atoms with E-state index in [4.69, 9.17) is 4.74 Å². The normalized spacial score (nSPS) is 12.3. The summed E-state index contributed by atoms with van der Waals surface area (Å²) in [6, 6.07) is 5.11. The number of aromatic nitrogens is 1. The molecule has 1 aromatic heterocycles. The molecular weight excluding hydrogens is 390 g/mol. The number of rotatable bonds is 6. The van der Waals surface area contributed by atoms with Crippen LogP contribution in [0.15, 0.2) is 29.2 Å². The number of nitrogens with one attached hydrogen (secondary N) is 2. The maximum Gasteiger partial charge on any atom is 0.328 e. The lowest BCUT2D eigenvalue weighted by Gasteiger charge is -2.12. The first-order valence-corrected chi connectivity index (χ1v) is 10.8. The van der Waals surface area contributed by atoms with E-state index in [1.165, 1.54) is 30.4 Å². The van der Waals surface area contributed by atoms with Crippen molar-refractivity contribution in [2.45, 2.75) is 31.7 Å². The van der Waals surface area contributed by atoms with Gasteiger partial charge in [-0.05, 0) is 38.5 Å². The number of amides is 2. The Morgan fingerprint density at radius 3 is 2.44 bits per heavy atom. The third kappa shape index (κ3) is 5.51. The molecule has 27 heavy (non-hydrogen) atoms. The Bertz CT molecular complexity index is 936. The fourth-order valence-corrected chi connectivity index (χ4v) is 3.82. The average Bonchev–Trinajstić information content (AvgIpc) is 2.94. The number of carbonyl (C=O) groups excluding carboxylic acids is 2. The van der Waals surface area contributed by atoms with E-state index < -0.39 is 27.9 Å². The van der Waals surface area contributed by atoms with Gasteiger partial charge in [-0.15, -0.1) is 0 Å². The predicted molar refractivity (Wildman–Crippen MR) is 104 cm³/mol. The van der Waals surface area contributed by atoms with Crippen LogP contribution < -0.4 is 10.6 Å². The molecule has 0 radical (unpaired) electrons. The van der Waals surface area contributed by atoms with Gasteiger partial charge in [0, 0.05) is 6.26 Å². The number of thiazole rings is 1. The Balaban J connectivity index is 2.10. The SMILES string of the molecule is CCOC(=O)C(C)NC(=O)Nc1nc(C)c(-c2ccc(S(C)(=O)=O)cc2)s1. The maximum atomic E-state index is 12.0. The second kappa shape index (κ2) is 8.49. The van der Waals surface area contributed by atoms with Gasteiger partial charge >= 0.3 is 12.0 Å². The van der Waals surface area contributed by atoms with Crippen molar-refractivity contribution >= 4 is 38.3 Å². The number of esters is 1. The molecule has 0 aliphatic heterocycles. The van der Waals surface area contributed by atoms with Gasteiger partial charge in [-0.2, -0.15) is 0 Å². The highest BCUT2D eigenvalue weighted by atomic mass is 32.2. The van der Waals surface area contributed by atoms with Crippen molar-refractivity contribution in [1.82, 2.24) is 10.3 Å². The zero-order valence-electron chi connectivity index (χ0n) is 15.4. The van der Waals surface area contributed by atoms with Crippen molar-refractivity contribution < 1.29 is 22.7 Å². The van der Waals surface area contributed by atoms with Crippen LogP contribution in [0.25, 0.3) is 10.4 Å². The van der Waals surface area contributed by atoms with Crippen molar-refractivity contribution in [3.63, 3.8) is 0 Å². The number of benzene rings is 1. The third-order valence-electron chi connectivity index (χ3n) is 3.55. The van der Waals surface area contributed by atoms with Crippen LogP contribution in [0.1, 0.15) is 19.5 Å². The minimum atomic E-state index is -3.26. The van der Waals surface area contributed by atoms with Crippen LogP contribution in [-0.2, 0) is 19.4 Å². The van der Waals surface area contributed by atoms with E-state index in [9.17, 15) is 18.0 Å². The second-order valence-corrected chi connectivity index (χ2v) is 8.82. The van der Waals surface area contributed by atoms with Crippen LogP contribution in [0.3, 0.4) is 0 Å². The number of aryl methyl sites for hydroxylation is 1. The molecule has 1 heterocycles. The van der Waals surface area contributed by atoms with Gasteiger partial charge in [0.25, 0.3) is 0 Å². The Kier molecular flexibility index (Phi) is 6.55. The molecule has 2 N–H and O–H groups in total. The van der Waals surface area contributed by atoms with E-state index in [-0.39, 0.29) is 11.5 Å². The highest BCUT2D eigenvalue weighted by Crippen LogP contribution is 2.33. The van der Waals surface area contributed by atoms with Gasteiger partial charge in [-0.3, -0.25) is 5.32 Å². The topological polar surface area (TPSA) is 114 Å². The van der Waals surface area contributed by atoms with E-state index >= 15 is 0 Å². The van der Waals surface area contributed by atoms with E-state index in [1.807, 2.05) is 0 Å². The average molecular weight is 412 g/mol. The van der Waals surface area contributed by atoms with Crippen LogP contribution >= 0.6 is 11.3 Å². The highest BCUT2D eigenvalue weighted by Gasteiger charge is 2.18. The monoisotopic (exact) mass is 411 g/mol. The van der Waals surface area contributed by atoms with Crippen LogP contribution in [0, 0.1) is 6.92 Å². The number of sulfone groups is 1. The van der Waals surface area contributed by atoms with Crippen molar-refractivity contribution in [3.8, 4) is 10.4 Å². The van der Waals surface area contributed by atoms with E-state index in [2.05, 4.69) is 15.6 Å². The summed E-state index contributed by atoms with van der Waals surface area (Å²) in [6.45, 7) is 5.24. The molecule has 1 unspecified atom stereocenters. The molecule has 0 bridgehead atoms. The lowest BCUT2D eigenvalue weighted by atomic mass is 10.2. The molecule has 1 atom stereocenters. The van der Waals surface area contributed by atoms with Crippen LogP contribution in [-0.4, -0.2) is 44.3 Å². The molecular formula is C17H21N3O5S2. The molecule has 2 aromatic rings. The molecule has 0 saturated heterocycles. The first kappa shape index (κ1) is 20.8. The summed E-state index contributed by atoms with van der Waals surface area (Å²) in [5.41, 5.74) is 1.49. The molecule has 2 amide bonds. The summed E-state index contributed by atoms with van der Waals surface area (Å²) < 4.78 is 27.9. The standard InChI is InChI=1S/C17H21N3O5S2/c1-5-25-15(21)11(3)18-16(22)20-17-19-10(2)14(26-17)12-6-8-13(9-7-12)27(4,23)24/h6-9,11H,5H2,1-4H3,(H2,18,19,20,22). The summed E-state index contributed by atoms with van der Waals surface area (Å²) in [5, 5.41) is 5.44. The Hall–Kier alpha value is -2.46. The minimum Gasteiger partial charge on any atom is -0.464 e. The number of ether oxygens (including phenoxy) is 1. The molecule has 0 spiro atoms. The first-order valence-electron chi connectivity index (χ1n) is 8.14. The number of urea groups is 1. The Morgan fingerprint density at radius 2 is 1.89 bits per heavy atom. The Morgan fingerprint density at radius 1 is 1.26 bits per heavy atom. The smallest absolute Gasteiger partial charge is 0.328 e. The van der Waals surface area contributed by atoms with Crippen molar-refractivity contribution in [3.05, 3.63) is 30.0 Å². The fraction of sp³-hybridized carbons (Fsp3) is 0.353. The molecule has 2 rings (SSSR count). The van der Waals surface area contributed by atoms with E-state index in [1.54, 1.807) is 26.0 Å². The maximum absolute atomic E-state index is 12.0. The lowest BCUT2D eigenvalue weighted by Crippen LogP contribution is -2.41. The largest absolute Gasteiger partial charge is 0.464 e.